The Morgan fingerprint density at radius 2 is 2.37 bits per heavy atom. The van der Waals surface area contributed by atoms with Crippen molar-refractivity contribution in [2.45, 2.75) is 18.9 Å². The van der Waals surface area contributed by atoms with Crippen molar-refractivity contribution in [1.29, 1.82) is 0 Å². The van der Waals surface area contributed by atoms with Crippen molar-refractivity contribution in [1.82, 2.24) is 4.98 Å². The molecule has 0 spiro atoms. The number of nitrogens with zero attached hydrogens (tertiary/aromatic N) is 2. The topological polar surface area (TPSA) is 59.2 Å². The number of amides is 1. The van der Waals surface area contributed by atoms with Crippen LogP contribution in [0.3, 0.4) is 0 Å². The Morgan fingerprint density at radius 1 is 1.47 bits per heavy atom. The van der Waals surface area contributed by atoms with Crippen LogP contribution >= 0.6 is 11.3 Å². The maximum absolute atomic E-state index is 11.3. The monoisotopic (exact) mass is 273 g/mol. The van der Waals surface area contributed by atoms with Gasteiger partial charge in [-0.15, -0.1) is 11.3 Å². The fourth-order valence-electron chi connectivity index (χ4n) is 2.55. The number of anilines is 1. The van der Waals surface area contributed by atoms with Crippen LogP contribution in [0.5, 0.6) is 0 Å². The van der Waals surface area contributed by atoms with Gasteiger partial charge in [-0.1, -0.05) is 6.07 Å². The fraction of sp³-hybridized carbons (Fsp3) is 0.286. The Kier molecular flexibility index (Phi) is 3.21. The molecule has 3 rings (SSSR count). The molecule has 4 nitrogen and oxygen atoms in total. The molecule has 0 bridgehead atoms. The molecule has 19 heavy (non-hydrogen) atoms. The maximum atomic E-state index is 11.3. The third-order valence-electron chi connectivity index (χ3n) is 3.45. The minimum absolute atomic E-state index is 0.371. The number of carbonyl (C=O) groups excluding carboxylic acids is 1. The number of nitrogens with two attached hydrogens (primary N) is 1. The second-order valence-corrected chi connectivity index (χ2v) is 5.61. The van der Waals surface area contributed by atoms with E-state index in [1.165, 1.54) is 4.88 Å². The summed E-state index contributed by atoms with van der Waals surface area (Å²) < 4.78 is 0. The van der Waals surface area contributed by atoms with Gasteiger partial charge in [0.15, 0.2) is 0 Å². The molecule has 2 aromatic rings. The SMILES string of the molecule is NC(=O)c1ccnc(N2CCC[C@@H]2c2cccs2)c1. The summed E-state index contributed by atoms with van der Waals surface area (Å²) in [5, 5.41) is 2.10. The average Bonchev–Trinajstić information content (AvgIpc) is 3.09. The molecule has 0 aromatic carbocycles. The molecule has 1 amide bonds. The second-order valence-electron chi connectivity index (χ2n) is 4.63. The van der Waals surface area contributed by atoms with E-state index < -0.39 is 5.91 Å². The van der Waals surface area contributed by atoms with Gasteiger partial charge in [0.25, 0.3) is 0 Å². The molecule has 2 N–H and O–H groups in total. The third-order valence-corrected chi connectivity index (χ3v) is 4.42. The summed E-state index contributed by atoms with van der Waals surface area (Å²) in [4.78, 5) is 19.3. The van der Waals surface area contributed by atoms with Crippen LogP contribution in [0.25, 0.3) is 0 Å². The van der Waals surface area contributed by atoms with E-state index in [1.54, 1.807) is 29.7 Å². The van der Waals surface area contributed by atoms with Crippen molar-refractivity contribution in [3.63, 3.8) is 0 Å². The zero-order valence-electron chi connectivity index (χ0n) is 10.5. The number of primary amides is 1. The summed E-state index contributed by atoms with van der Waals surface area (Å²) in [5.74, 6) is 0.433. The van der Waals surface area contributed by atoms with Gasteiger partial charge in [-0.3, -0.25) is 4.79 Å². The summed E-state index contributed by atoms with van der Waals surface area (Å²) in [6.07, 6.45) is 3.92. The Morgan fingerprint density at radius 3 is 3.11 bits per heavy atom. The summed E-state index contributed by atoms with van der Waals surface area (Å²) in [5.41, 5.74) is 5.84. The fourth-order valence-corrected chi connectivity index (χ4v) is 3.42. The zero-order valence-corrected chi connectivity index (χ0v) is 11.3. The number of carbonyl (C=O) groups is 1. The quantitative estimate of drug-likeness (QED) is 0.935. The normalized spacial score (nSPS) is 18.7. The maximum Gasteiger partial charge on any atom is 0.248 e. The molecule has 2 aromatic heterocycles. The molecule has 1 aliphatic rings. The van der Waals surface area contributed by atoms with Crippen LogP contribution in [0.4, 0.5) is 5.82 Å². The Balaban J connectivity index is 1.92. The number of thiophene rings is 1. The summed E-state index contributed by atoms with van der Waals surface area (Å²) in [6.45, 7) is 0.970. The lowest BCUT2D eigenvalue weighted by molar-refractivity contribution is 0.1000. The van der Waals surface area contributed by atoms with Crippen molar-refractivity contribution in [2.24, 2.45) is 5.73 Å². The summed E-state index contributed by atoms with van der Waals surface area (Å²) >= 11 is 1.77. The van der Waals surface area contributed by atoms with Gasteiger partial charge in [0.05, 0.1) is 6.04 Å². The first-order valence-corrected chi connectivity index (χ1v) is 7.19. The third kappa shape index (κ3) is 2.33. The smallest absolute Gasteiger partial charge is 0.248 e. The van der Waals surface area contributed by atoms with Crippen LogP contribution in [0.1, 0.15) is 34.1 Å². The van der Waals surface area contributed by atoms with Crippen LogP contribution < -0.4 is 10.6 Å². The highest BCUT2D eigenvalue weighted by Crippen LogP contribution is 2.37. The molecule has 98 valence electrons. The molecule has 1 saturated heterocycles. The van der Waals surface area contributed by atoms with Crippen LogP contribution in [0.2, 0.25) is 0 Å². The van der Waals surface area contributed by atoms with E-state index >= 15 is 0 Å². The standard InChI is InChI=1S/C14H15N3OS/c15-14(18)10-5-6-16-13(9-10)17-7-1-3-11(17)12-4-2-8-19-12/h2,4-6,8-9,11H,1,3,7H2,(H2,15,18)/t11-/m1/s1. The van der Waals surface area contributed by atoms with Gasteiger partial charge < -0.3 is 10.6 Å². The van der Waals surface area contributed by atoms with Crippen molar-refractivity contribution >= 4 is 23.1 Å². The molecule has 5 heteroatoms. The van der Waals surface area contributed by atoms with Gasteiger partial charge in [-0.25, -0.2) is 4.98 Å². The largest absolute Gasteiger partial charge is 0.366 e. The van der Waals surface area contributed by atoms with E-state index in [0.717, 1.165) is 25.2 Å². The second kappa shape index (κ2) is 5.01. The van der Waals surface area contributed by atoms with Crippen LogP contribution in [-0.2, 0) is 0 Å². The van der Waals surface area contributed by atoms with Crippen LogP contribution in [0, 0.1) is 0 Å². The van der Waals surface area contributed by atoms with Crippen molar-refractivity contribution in [3.05, 3.63) is 46.3 Å². The van der Waals surface area contributed by atoms with Gasteiger partial charge >= 0.3 is 0 Å². The predicted octanol–water partition coefficient (Wildman–Crippen LogP) is 2.58. The number of rotatable bonds is 3. The van der Waals surface area contributed by atoms with Crippen LogP contribution in [0.15, 0.2) is 35.8 Å². The average molecular weight is 273 g/mol. The molecular weight excluding hydrogens is 258 g/mol. The minimum Gasteiger partial charge on any atom is -0.366 e. The van der Waals surface area contributed by atoms with Crippen LogP contribution in [-0.4, -0.2) is 17.4 Å². The summed E-state index contributed by atoms with van der Waals surface area (Å²) in [6, 6.07) is 8.04. The van der Waals surface area contributed by atoms with Gasteiger partial charge in [0, 0.05) is 23.2 Å². The first-order chi connectivity index (χ1) is 9.25. The first kappa shape index (κ1) is 12.2. The van der Waals surface area contributed by atoms with E-state index in [0.29, 0.717) is 11.6 Å². The van der Waals surface area contributed by atoms with Crippen molar-refractivity contribution in [2.75, 3.05) is 11.4 Å². The molecule has 0 aliphatic carbocycles. The molecule has 1 fully saturated rings. The lowest BCUT2D eigenvalue weighted by Crippen LogP contribution is -2.23. The lowest BCUT2D eigenvalue weighted by atomic mass is 10.2. The van der Waals surface area contributed by atoms with E-state index in [1.807, 2.05) is 0 Å². The van der Waals surface area contributed by atoms with E-state index in [-0.39, 0.29) is 0 Å². The van der Waals surface area contributed by atoms with Gasteiger partial charge in [0.2, 0.25) is 5.91 Å². The highest BCUT2D eigenvalue weighted by atomic mass is 32.1. The lowest BCUT2D eigenvalue weighted by Gasteiger charge is -2.25. The first-order valence-electron chi connectivity index (χ1n) is 6.31. The van der Waals surface area contributed by atoms with Gasteiger partial charge in [-0.2, -0.15) is 0 Å². The van der Waals surface area contributed by atoms with Crippen molar-refractivity contribution < 1.29 is 4.79 Å². The molecule has 1 aliphatic heterocycles. The molecular formula is C14H15N3OS. The Hall–Kier alpha value is -1.88. The van der Waals surface area contributed by atoms with Gasteiger partial charge in [-0.05, 0) is 36.4 Å². The molecule has 0 radical (unpaired) electrons. The predicted molar refractivity (Wildman–Crippen MR) is 76.4 cm³/mol. The highest BCUT2D eigenvalue weighted by Gasteiger charge is 2.27. The summed E-state index contributed by atoms with van der Waals surface area (Å²) in [7, 11) is 0. The Labute approximate surface area is 115 Å². The number of hydrogen-bond acceptors (Lipinski definition) is 4. The minimum atomic E-state index is -0.407. The van der Waals surface area contributed by atoms with E-state index in [9.17, 15) is 4.79 Å². The van der Waals surface area contributed by atoms with E-state index in [2.05, 4.69) is 27.4 Å². The zero-order chi connectivity index (χ0) is 13.2. The number of aromatic nitrogens is 1. The molecule has 0 unspecified atom stereocenters. The number of hydrogen-bond donors (Lipinski definition) is 1. The number of pyridine rings is 1. The Bertz CT molecular complexity index is 582. The molecule has 3 heterocycles. The van der Waals surface area contributed by atoms with Crippen molar-refractivity contribution in [3.8, 4) is 0 Å². The van der Waals surface area contributed by atoms with Gasteiger partial charge in [0.1, 0.15) is 5.82 Å². The molecule has 1 atom stereocenters. The molecule has 0 saturated carbocycles. The van der Waals surface area contributed by atoms with E-state index in [4.69, 9.17) is 5.73 Å². The highest BCUT2D eigenvalue weighted by molar-refractivity contribution is 7.10.